The number of rotatable bonds is 6. The van der Waals surface area contributed by atoms with E-state index in [9.17, 15) is 9.90 Å². The van der Waals surface area contributed by atoms with Crippen LogP contribution in [-0.4, -0.2) is 30.3 Å². The minimum atomic E-state index is -0.305. The van der Waals surface area contributed by atoms with Crippen molar-refractivity contribution in [1.29, 1.82) is 0 Å². The smallest absolute Gasteiger partial charge is 0.223 e. The van der Waals surface area contributed by atoms with Crippen LogP contribution in [0.15, 0.2) is 30.3 Å². The van der Waals surface area contributed by atoms with Gasteiger partial charge in [0.1, 0.15) is 5.75 Å². The molecule has 2 rings (SSSR count). The number of hydrogen-bond donors (Lipinski definition) is 2. The van der Waals surface area contributed by atoms with Gasteiger partial charge >= 0.3 is 0 Å². The van der Waals surface area contributed by atoms with Gasteiger partial charge in [-0.15, -0.1) is 0 Å². The molecule has 0 spiro atoms. The van der Waals surface area contributed by atoms with E-state index in [1.165, 1.54) is 0 Å². The number of nitrogens with one attached hydrogen (secondary N) is 1. The summed E-state index contributed by atoms with van der Waals surface area (Å²) in [5, 5.41) is 12.5. The molecule has 4 heteroatoms. The first-order chi connectivity index (χ1) is 9.75. The molecule has 1 aromatic rings. The molecule has 1 fully saturated rings. The van der Waals surface area contributed by atoms with Crippen molar-refractivity contribution < 1.29 is 14.6 Å². The molecule has 110 valence electrons. The topological polar surface area (TPSA) is 58.6 Å². The molecule has 20 heavy (non-hydrogen) atoms. The molecule has 0 unspecified atom stereocenters. The van der Waals surface area contributed by atoms with Crippen molar-refractivity contribution in [2.75, 3.05) is 13.2 Å². The molecular formula is C16H23NO3. The molecule has 0 saturated heterocycles. The number of ether oxygens (including phenoxy) is 1. The fourth-order valence-electron chi connectivity index (χ4n) is 2.54. The summed E-state index contributed by atoms with van der Waals surface area (Å²) in [4.78, 5) is 11.9. The maximum Gasteiger partial charge on any atom is 0.223 e. The van der Waals surface area contributed by atoms with Crippen LogP contribution in [0.1, 0.15) is 32.1 Å². The first-order valence-corrected chi connectivity index (χ1v) is 7.39. The maximum atomic E-state index is 11.9. The minimum Gasteiger partial charge on any atom is -0.494 e. The van der Waals surface area contributed by atoms with Crippen molar-refractivity contribution in [1.82, 2.24) is 5.32 Å². The molecule has 0 bridgehead atoms. The zero-order valence-electron chi connectivity index (χ0n) is 11.8. The summed E-state index contributed by atoms with van der Waals surface area (Å²) in [7, 11) is 0. The summed E-state index contributed by atoms with van der Waals surface area (Å²) in [6.07, 6.45) is 3.75. The van der Waals surface area contributed by atoms with Gasteiger partial charge in [-0.05, 0) is 37.8 Å². The second-order valence-corrected chi connectivity index (χ2v) is 5.32. The molecule has 0 aliphatic heterocycles. The third-order valence-corrected chi connectivity index (χ3v) is 3.65. The second-order valence-electron chi connectivity index (χ2n) is 5.32. The van der Waals surface area contributed by atoms with E-state index >= 15 is 0 Å². The van der Waals surface area contributed by atoms with Crippen LogP contribution in [0, 0.1) is 5.92 Å². The van der Waals surface area contributed by atoms with Gasteiger partial charge in [-0.2, -0.15) is 0 Å². The number of aliphatic hydroxyl groups excluding tert-OH is 1. The summed E-state index contributed by atoms with van der Waals surface area (Å²) in [5.74, 6) is 0.909. The summed E-state index contributed by atoms with van der Waals surface area (Å²) >= 11 is 0. The molecule has 4 nitrogen and oxygen atoms in total. The van der Waals surface area contributed by atoms with Crippen LogP contribution in [0.2, 0.25) is 0 Å². The van der Waals surface area contributed by atoms with Crippen molar-refractivity contribution >= 4 is 5.91 Å². The minimum absolute atomic E-state index is 0.0196. The summed E-state index contributed by atoms with van der Waals surface area (Å²) in [6, 6.07) is 9.66. The highest BCUT2D eigenvalue weighted by atomic mass is 16.5. The third kappa shape index (κ3) is 4.85. The number of amides is 1. The quantitative estimate of drug-likeness (QED) is 0.783. The van der Waals surface area contributed by atoms with Gasteiger partial charge in [-0.3, -0.25) is 4.79 Å². The Balaban J connectivity index is 1.57. The number of para-hydroxylation sites is 1. The van der Waals surface area contributed by atoms with Crippen molar-refractivity contribution in [2.24, 2.45) is 5.92 Å². The fraction of sp³-hybridized carbons (Fsp3) is 0.562. The number of hydrogen-bond acceptors (Lipinski definition) is 3. The van der Waals surface area contributed by atoms with Crippen LogP contribution >= 0.6 is 0 Å². The van der Waals surface area contributed by atoms with Crippen molar-refractivity contribution in [3.8, 4) is 5.75 Å². The number of carbonyl (C=O) groups excluding carboxylic acids is 1. The molecule has 2 N–H and O–H groups in total. The summed E-state index contributed by atoms with van der Waals surface area (Å²) in [5.41, 5.74) is 0. The monoisotopic (exact) mass is 277 g/mol. The first kappa shape index (κ1) is 14.9. The van der Waals surface area contributed by atoms with E-state index in [1.807, 2.05) is 30.3 Å². The zero-order chi connectivity index (χ0) is 14.2. The second kappa shape index (κ2) is 7.90. The summed E-state index contributed by atoms with van der Waals surface area (Å²) in [6.45, 7) is 1.22. The van der Waals surface area contributed by atoms with Crippen LogP contribution in [0.4, 0.5) is 0 Å². The van der Waals surface area contributed by atoms with E-state index in [0.29, 0.717) is 19.6 Å². The Morgan fingerprint density at radius 3 is 2.85 bits per heavy atom. The largest absolute Gasteiger partial charge is 0.494 e. The Morgan fingerprint density at radius 1 is 1.30 bits per heavy atom. The first-order valence-electron chi connectivity index (χ1n) is 7.39. The molecule has 0 heterocycles. The van der Waals surface area contributed by atoms with Crippen molar-refractivity contribution in [3.63, 3.8) is 0 Å². The highest BCUT2D eigenvalue weighted by Gasteiger charge is 2.25. The fourth-order valence-corrected chi connectivity index (χ4v) is 2.54. The van der Waals surface area contributed by atoms with Crippen molar-refractivity contribution in [3.05, 3.63) is 30.3 Å². The van der Waals surface area contributed by atoms with Crippen LogP contribution in [0.25, 0.3) is 0 Å². The van der Waals surface area contributed by atoms with Gasteiger partial charge < -0.3 is 15.2 Å². The van der Waals surface area contributed by atoms with E-state index in [4.69, 9.17) is 4.74 Å². The van der Waals surface area contributed by atoms with E-state index < -0.39 is 0 Å². The molecule has 1 aliphatic rings. The maximum absolute atomic E-state index is 11.9. The normalized spacial score (nSPS) is 22.2. The highest BCUT2D eigenvalue weighted by molar-refractivity contribution is 5.78. The number of benzene rings is 1. The van der Waals surface area contributed by atoms with Gasteiger partial charge in [0.25, 0.3) is 0 Å². The molecular weight excluding hydrogens is 254 g/mol. The number of aliphatic hydroxyl groups is 1. The van der Waals surface area contributed by atoms with Gasteiger partial charge in [0.05, 0.1) is 12.7 Å². The average molecular weight is 277 g/mol. The van der Waals surface area contributed by atoms with Crippen LogP contribution in [-0.2, 0) is 4.79 Å². The molecule has 2 atom stereocenters. The van der Waals surface area contributed by atoms with Gasteiger partial charge in [0, 0.05) is 12.5 Å². The lowest BCUT2D eigenvalue weighted by Gasteiger charge is -2.24. The number of carbonyl (C=O) groups is 1. The molecule has 1 amide bonds. The Kier molecular flexibility index (Phi) is 5.87. The predicted octanol–water partition coefficient (Wildman–Crippen LogP) is 2.12. The van der Waals surface area contributed by atoms with E-state index in [-0.39, 0.29) is 17.9 Å². The van der Waals surface area contributed by atoms with Gasteiger partial charge in [0.2, 0.25) is 5.91 Å². The van der Waals surface area contributed by atoms with Gasteiger partial charge in [0.15, 0.2) is 0 Å². The molecule has 0 radical (unpaired) electrons. The lowest BCUT2D eigenvalue weighted by Crippen LogP contribution is -2.35. The third-order valence-electron chi connectivity index (χ3n) is 3.65. The summed E-state index contributed by atoms with van der Waals surface area (Å²) < 4.78 is 5.56. The highest BCUT2D eigenvalue weighted by Crippen LogP contribution is 2.24. The van der Waals surface area contributed by atoms with Crippen LogP contribution < -0.4 is 10.1 Å². The Labute approximate surface area is 120 Å². The van der Waals surface area contributed by atoms with Gasteiger partial charge in [-0.1, -0.05) is 24.6 Å². The van der Waals surface area contributed by atoms with Crippen LogP contribution in [0.3, 0.4) is 0 Å². The molecule has 0 aromatic heterocycles. The Hall–Kier alpha value is -1.55. The average Bonchev–Trinajstić information content (AvgIpc) is 2.48. The molecule has 1 aromatic carbocycles. The Morgan fingerprint density at radius 2 is 2.10 bits per heavy atom. The zero-order valence-corrected chi connectivity index (χ0v) is 11.8. The Bertz CT molecular complexity index is 407. The van der Waals surface area contributed by atoms with Crippen LogP contribution in [0.5, 0.6) is 5.75 Å². The predicted molar refractivity (Wildman–Crippen MR) is 77.5 cm³/mol. The van der Waals surface area contributed by atoms with Gasteiger partial charge in [-0.25, -0.2) is 0 Å². The standard InChI is InChI=1S/C16H23NO3/c18-14-7-4-6-13(12-14)16(19)17-10-5-11-20-15-8-2-1-3-9-15/h1-3,8-9,13-14,18H,4-7,10-12H2,(H,17,19)/t13-,14+/m1/s1. The van der Waals surface area contributed by atoms with Crippen molar-refractivity contribution in [2.45, 2.75) is 38.2 Å². The lowest BCUT2D eigenvalue weighted by atomic mass is 9.87. The SMILES string of the molecule is O=C(NCCCOc1ccccc1)[C@@H]1CCC[C@H](O)C1. The van der Waals surface area contributed by atoms with E-state index in [0.717, 1.165) is 31.4 Å². The lowest BCUT2D eigenvalue weighted by molar-refractivity contribution is -0.127. The van der Waals surface area contributed by atoms with E-state index in [1.54, 1.807) is 0 Å². The molecule has 1 aliphatic carbocycles. The molecule has 1 saturated carbocycles. The van der Waals surface area contributed by atoms with E-state index in [2.05, 4.69) is 5.32 Å².